The van der Waals surface area contributed by atoms with E-state index in [4.69, 9.17) is 5.11 Å². The van der Waals surface area contributed by atoms with Gasteiger partial charge in [0, 0.05) is 10.6 Å². The molecule has 2 aromatic rings. The molecule has 0 heterocycles. The van der Waals surface area contributed by atoms with Crippen LogP contribution in [0.15, 0.2) is 53.4 Å². The molecular weight excluding hydrogens is 251 g/mol. The van der Waals surface area contributed by atoms with Gasteiger partial charge in [0.25, 0.3) is 0 Å². The standard InChI is InChI=1S/C14H11FO2S/c15-13-7-2-1-4-11(13)9-18-12-6-3-5-10(8-12)14(16)17/h1-8H,9H2,(H,16,17). The Labute approximate surface area is 108 Å². The summed E-state index contributed by atoms with van der Waals surface area (Å²) in [6.45, 7) is 0. The molecule has 0 aliphatic carbocycles. The number of hydrogen-bond donors (Lipinski definition) is 1. The summed E-state index contributed by atoms with van der Waals surface area (Å²) in [7, 11) is 0. The Bertz CT molecular complexity index is 569. The van der Waals surface area contributed by atoms with E-state index in [9.17, 15) is 9.18 Å². The predicted molar refractivity (Wildman–Crippen MR) is 69.4 cm³/mol. The SMILES string of the molecule is O=C(O)c1cccc(SCc2ccccc2F)c1. The van der Waals surface area contributed by atoms with Crippen LogP contribution in [0.1, 0.15) is 15.9 Å². The van der Waals surface area contributed by atoms with Crippen LogP contribution < -0.4 is 0 Å². The van der Waals surface area contributed by atoms with Crippen molar-refractivity contribution in [3.05, 3.63) is 65.5 Å². The Kier molecular flexibility index (Phi) is 3.99. The molecule has 0 atom stereocenters. The Morgan fingerprint density at radius 3 is 2.67 bits per heavy atom. The van der Waals surface area contributed by atoms with Crippen molar-refractivity contribution < 1.29 is 14.3 Å². The fourth-order valence-corrected chi connectivity index (χ4v) is 2.44. The minimum absolute atomic E-state index is 0.237. The van der Waals surface area contributed by atoms with Gasteiger partial charge in [-0.1, -0.05) is 24.3 Å². The second-order valence-electron chi connectivity index (χ2n) is 3.71. The summed E-state index contributed by atoms with van der Waals surface area (Å²) in [5, 5.41) is 8.87. The zero-order valence-electron chi connectivity index (χ0n) is 9.47. The molecule has 4 heteroatoms. The van der Waals surface area contributed by atoms with E-state index in [1.54, 1.807) is 30.3 Å². The van der Waals surface area contributed by atoms with Crippen molar-refractivity contribution in [3.63, 3.8) is 0 Å². The highest BCUT2D eigenvalue weighted by Gasteiger charge is 2.05. The third kappa shape index (κ3) is 3.11. The maximum Gasteiger partial charge on any atom is 0.335 e. The van der Waals surface area contributed by atoms with Gasteiger partial charge in [-0.3, -0.25) is 0 Å². The summed E-state index contributed by atoms with van der Waals surface area (Å²) in [6.07, 6.45) is 0. The van der Waals surface area contributed by atoms with Crippen LogP contribution in [0.3, 0.4) is 0 Å². The van der Waals surface area contributed by atoms with Crippen LogP contribution >= 0.6 is 11.8 Å². The smallest absolute Gasteiger partial charge is 0.335 e. The van der Waals surface area contributed by atoms with Gasteiger partial charge < -0.3 is 5.11 Å². The van der Waals surface area contributed by atoms with Gasteiger partial charge in [0.1, 0.15) is 5.82 Å². The van der Waals surface area contributed by atoms with Gasteiger partial charge in [-0.25, -0.2) is 9.18 Å². The van der Waals surface area contributed by atoms with E-state index in [1.807, 2.05) is 6.07 Å². The molecule has 0 fully saturated rings. The molecule has 0 spiro atoms. The highest BCUT2D eigenvalue weighted by atomic mass is 32.2. The summed E-state index contributed by atoms with van der Waals surface area (Å²) in [6, 6.07) is 13.2. The Morgan fingerprint density at radius 2 is 1.94 bits per heavy atom. The number of carboxylic acids is 1. The van der Waals surface area contributed by atoms with Crippen molar-refractivity contribution in [2.45, 2.75) is 10.6 Å². The van der Waals surface area contributed by atoms with E-state index in [-0.39, 0.29) is 11.4 Å². The summed E-state index contributed by atoms with van der Waals surface area (Å²) >= 11 is 1.42. The van der Waals surface area contributed by atoms with E-state index < -0.39 is 5.97 Å². The lowest BCUT2D eigenvalue weighted by Crippen LogP contribution is -1.95. The molecule has 92 valence electrons. The van der Waals surface area contributed by atoms with Gasteiger partial charge in [0.2, 0.25) is 0 Å². The van der Waals surface area contributed by atoms with Crippen molar-refractivity contribution in [3.8, 4) is 0 Å². The predicted octanol–water partition coefficient (Wildman–Crippen LogP) is 3.82. The zero-order valence-corrected chi connectivity index (χ0v) is 10.3. The van der Waals surface area contributed by atoms with Gasteiger partial charge in [-0.05, 0) is 29.8 Å². The largest absolute Gasteiger partial charge is 0.478 e. The highest BCUT2D eigenvalue weighted by molar-refractivity contribution is 7.98. The molecule has 2 nitrogen and oxygen atoms in total. The first-order valence-corrected chi connectivity index (χ1v) is 6.35. The molecule has 0 aliphatic rings. The molecule has 0 aliphatic heterocycles. The Morgan fingerprint density at radius 1 is 1.17 bits per heavy atom. The minimum Gasteiger partial charge on any atom is -0.478 e. The summed E-state index contributed by atoms with van der Waals surface area (Å²) in [4.78, 5) is 11.6. The fourth-order valence-electron chi connectivity index (χ4n) is 1.50. The first-order valence-electron chi connectivity index (χ1n) is 5.36. The van der Waals surface area contributed by atoms with Crippen LogP contribution in [-0.4, -0.2) is 11.1 Å². The minimum atomic E-state index is -0.955. The molecule has 0 saturated carbocycles. The van der Waals surface area contributed by atoms with E-state index in [0.29, 0.717) is 11.3 Å². The van der Waals surface area contributed by atoms with Gasteiger partial charge in [0.15, 0.2) is 0 Å². The average Bonchev–Trinajstić information content (AvgIpc) is 2.38. The van der Waals surface area contributed by atoms with Gasteiger partial charge in [0.05, 0.1) is 5.56 Å². The maximum atomic E-state index is 13.4. The van der Waals surface area contributed by atoms with Crippen LogP contribution in [0.5, 0.6) is 0 Å². The van der Waals surface area contributed by atoms with Gasteiger partial charge in [-0.15, -0.1) is 11.8 Å². The lowest BCUT2D eigenvalue weighted by Gasteiger charge is -2.04. The first kappa shape index (κ1) is 12.6. The first-order chi connectivity index (χ1) is 8.66. The van der Waals surface area contributed by atoms with Crippen LogP contribution in [0.25, 0.3) is 0 Å². The number of aromatic carboxylic acids is 1. The zero-order chi connectivity index (χ0) is 13.0. The van der Waals surface area contributed by atoms with Crippen molar-refractivity contribution in [1.82, 2.24) is 0 Å². The summed E-state index contributed by atoms with van der Waals surface area (Å²) < 4.78 is 13.4. The lowest BCUT2D eigenvalue weighted by molar-refractivity contribution is 0.0696. The molecule has 1 N–H and O–H groups in total. The highest BCUT2D eigenvalue weighted by Crippen LogP contribution is 2.24. The number of hydrogen-bond acceptors (Lipinski definition) is 2. The number of benzene rings is 2. The molecular formula is C14H11FO2S. The van der Waals surface area contributed by atoms with E-state index >= 15 is 0 Å². The normalized spacial score (nSPS) is 10.3. The number of carboxylic acid groups (broad SMARTS) is 1. The van der Waals surface area contributed by atoms with Crippen LogP contribution in [0.4, 0.5) is 4.39 Å². The molecule has 18 heavy (non-hydrogen) atoms. The van der Waals surface area contributed by atoms with Crippen LogP contribution in [-0.2, 0) is 5.75 Å². The van der Waals surface area contributed by atoms with Crippen molar-refractivity contribution in [2.24, 2.45) is 0 Å². The second-order valence-corrected chi connectivity index (χ2v) is 4.76. The lowest BCUT2D eigenvalue weighted by atomic mass is 10.2. The summed E-state index contributed by atoms with van der Waals surface area (Å²) in [5.74, 6) is -0.710. The third-order valence-electron chi connectivity index (χ3n) is 2.43. The number of rotatable bonds is 4. The molecule has 0 radical (unpaired) electrons. The number of halogens is 1. The van der Waals surface area contributed by atoms with E-state index in [2.05, 4.69) is 0 Å². The second kappa shape index (κ2) is 5.69. The fraction of sp³-hybridized carbons (Fsp3) is 0.0714. The third-order valence-corrected chi connectivity index (χ3v) is 3.48. The molecule has 0 unspecified atom stereocenters. The monoisotopic (exact) mass is 262 g/mol. The van der Waals surface area contributed by atoms with Crippen molar-refractivity contribution in [2.75, 3.05) is 0 Å². The van der Waals surface area contributed by atoms with E-state index in [1.165, 1.54) is 23.9 Å². The topological polar surface area (TPSA) is 37.3 Å². The summed E-state index contributed by atoms with van der Waals surface area (Å²) in [5.41, 5.74) is 0.858. The number of thioether (sulfide) groups is 1. The molecule has 0 aromatic heterocycles. The van der Waals surface area contributed by atoms with Crippen LogP contribution in [0, 0.1) is 5.82 Å². The molecule has 0 saturated heterocycles. The average molecular weight is 262 g/mol. The number of carbonyl (C=O) groups is 1. The van der Waals surface area contributed by atoms with Crippen LogP contribution in [0.2, 0.25) is 0 Å². The van der Waals surface area contributed by atoms with Gasteiger partial charge in [-0.2, -0.15) is 0 Å². The van der Waals surface area contributed by atoms with Crippen molar-refractivity contribution in [1.29, 1.82) is 0 Å². The van der Waals surface area contributed by atoms with E-state index in [0.717, 1.165) is 4.90 Å². The Balaban J connectivity index is 2.09. The molecule has 0 amide bonds. The maximum absolute atomic E-state index is 13.4. The molecule has 2 aromatic carbocycles. The molecule has 0 bridgehead atoms. The molecule has 2 rings (SSSR count). The van der Waals surface area contributed by atoms with Gasteiger partial charge >= 0.3 is 5.97 Å². The quantitative estimate of drug-likeness (QED) is 0.851. The Hall–Kier alpha value is -1.81. The van der Waals surface area contributed by atoms with Crippen molar-refractivity contribution >= 4 is 17.7 Å².